The summed E-state index contributed by atoms with van der Waals surface area (Å²) in [5, 5.41) is -0.119. The third-order valence-corrected chi connectivity index (χ3v) is 4.87. The number of nitrogens with one attached hydrogen (secondary N) is 1. The molecular formula is C16H20Cl2N4O2S. The summed E-state index contributed by atoms with van der Waals surface area (Å²) in [6.07, 6.45) is 2.93. The van der Waals surface area contributed by atoms with Crippen molar-refractivity contribution in [2.24, 2.45) is 0 Å². The minimum Gasteiger partial charge on any atom is -0.369 e. The van der Waals surface area contributed by atoms with Crippen LogP contribution in [0.2, 0.25) is 0 Å². The standard InChI is InChI=1S/C16H20Cl2N4O2S/c1-12(17)10-22(11-13(2)18)14-4-6-15(7-5-14)25(23,24)21-16-19-8-3-9-20-16/h3-9,12-13H,10-11H2,1-2H3,(H,19,20,21)/t12-,13+. The van der Waals surface area contributed by atoms with Gasteiger partial charge in [0.15, 0.2) is 0 Å². The second kappa shape index (κ2) is 8.69. The van der Waals surface area contributed by atoms with Crippen LogP contribution in [0.5, 0.6) is 0 Å². The van der Waals surface area contributed by atoms with E-state index < -0.39 is 10.0 Å². The van der Waals surface area contributed by atoms with Gasteiger partial charge in [0.2, 0.25) is 5.95 Å². The molecule has 136 valence electrons. The van der Waals surface area contributed by atoms with Gasteiger partial charge in [-0.15, -0.1) is 23.2 Å². The van der Waals surface area contributed by atoms with E-state index in [1.54, 1.807) is 18.2 Å². The summed E-state index contributed by atoms with van der Waals surface area (Å²) in [5.74, 6) is 0.0279. The van der Waals surface area contributed by atoms with Gasteiger partial charge in [-0.2, -0.15) is 0 Å². The highest BCUT2D eigenvalue weighted by molar-refractivity contribution is 7.92. The fraction of sp³-hybridized carbons (Fsp3) is 0.375. The van der Waals surface area contributed by atoms with Crippen LogP contribution in [-0.4, -0.2) is 42.2 Å². The molecule has 1 heterocycles. The lowest BCUT2D eigenvalue weighted by atomic mass is 10.2. The van der Waals surface area contributed by atoms with Crippen molar-refractivity contribution >= 4 is 44.9 Å². The SMILES string of the molecule is C[C@H](Cl)CN(C[C@@H](C)Cl)c1ccc(S(=O)(=O)Nc2ncccn2)cc1. The van der Waals surface area contributed by atoms with E-state index in [-0.39, 0.29) is 21.6 Å². The number of benzene rings is 1. The zero-order valence-electron chi connectivity index (χ0n) is 13.9. The third-order valence-electron chi connectivity index (χ3n) is 3.25. The Morgan fingerprint density at radius 2 is 1.56 bits per heavy atom. The van der Waals surface area contributed by atoms with Gasteiger partial charge in [-0.3, -0.25) is 0 Å². The van der Waals surface area contributed by atoms with Gasteiger partial charge in [-0.25, -0.2) is 23.1 Å². The van der Waals surface area contributed by atoms with Crippen LogP contribution < -0.4 is 9.62 Å². The summed E-state index contributed by atoms with van der Waals surface area (Å²) < 4.78 is 27.1. The van der Waals surface area contributed by atoms with E-state index in [1.165, 1.54) is 24.5 Å². The number of hydrogen-bond acceptors (Lipinski definition) is 5. The molecule has 1 aromatic carbocycles. The van der Waals surface area contributed by atoms with Crippen molar-refractivity contribution < 1.29 is 8.42 Å². The monoisotopic (exact) mass is 402 g/mol. The van der Waals surface area contributed by atoms with Crippen molar-refractivity contribution in [3.05, 3.63) is 42.7 Å². The van der Waals surface area contributed by atoms with Crippen molar-refractivity contribution in [2.45, 2.75) is 29.5 Å². The summed E-state index contributed by atoms with van der Waals surface area (Å²) >= 11 is 12.2. The second-order valence-corrected chi connectivity index (χ2v) is 8.81. The Bertz CT molecular complexity index is 758. The number of anilines is 2. The van der Waals surface area contributed by atoms with E-state index in [9.17, 15) is 8.42 Å². The van der Waals surface area contributed by atoms with Crippen LogP contribution in [0.25, 0.3) is 0 Å². The quantitative estimate of drug-likeness (QED) is 0.685. The maximum absolute atomic E-state index is 12.4. The summed E-state index contributed by atoms with van der Waals surface area (Å²) in [6, 6.07) is 8.14. The van der Waals surface area contributed by atoms with Gasteiger partial charge in [0.1, 0.15) is 0 Å². The fourth-order valence-corrected chi connectivity index (χ4v) is 3.55. The molecule has 0 aliphatic carbocycles. The van der Waals surface area contributed by atoms with E-state index in [0.717, 1.165) is 5.69 Å². The molecule has 0 radical (unpaired) electrons. The predicted molar refractivity (Wildman–Crippen MR) is 102 cm³/mol. The molecule has 2 rings (SSSR count). The van der Waals surface area contributed by atoms with Gasteiger partial charge in [-0.1, -0.05) is 0 Å². The lowest BCUT2D eigenvalue weighted by Crippen LogP contribution is -2.33. The molecule has 1 aromatic heterocycles. The molecule has 0 aliphatic rings. The van der Waals surface area contributed by atoms with E-state index >= 15 is 0 Å². The maximum atomic E-state index is 12.4. The van der Waals surface area contributed by atoms with Gasteiger partial charge in [0, 0.05) is 41.9 Å². The molecule has 0 saturated heterocycles. The summed E-state index contributed by atoms with van der Waals surface area (Å²) in [6.45, 7) is 5.02. The first kappa shape index (κ1) is 19.8. The smallest absolute Gasteiger partial charge is 0.264 e. The third kappa shape index (κ3) is 6.02. The highest BCUT2D eigenvalue weighted by Crippen LogP contribution is 2.21. The van der Waals surface area contributed by atoms with Gasteiger partial charge in [-0.05, 0) is 44.2 Å². The molecule has 0 spiro atoms. The summed E-state index contributed by atoms with van der Waals surface area (Å²) in [7, 11) is -3.75. The molecule has 0 aliphatic heterocycles. The zero-order chi connectivity index (χ0) is 18.4. The van der Waals surface area contributed by atoms with Crippen molar-refractivity contribution in [3.8, 4) is 0 Å². The summed E-state index contributed by atoms with van der Waals surface area (Å²) in [4.78, 5) is 9.88. The Hall–Kier alpha value is -1.57. The molecule has 0 unspecified atom stereocenters. The molecule has 0 fully saturated rings. The Balaban J connectivity index is 2.19. The minimum absolute atomic E-state index is 0.0279. The van der Waals surface area contributed by atoms with E-state index in [0.29, 0.717) is 13.1 Å². The van der Waals surface area contributed by atoms with Crippen LogP contribution in [0, 0.1) is 0 Å². The zero-order valence-corrected chi connectivity index (χ0v) is 16.3. The van der Waals surface area contributed by atoms with E-state index in [4.69, 9.17) is 23.2 Å². The first-order valence-electron chi connectivity index (χ1n) is 7.71. The molecule has 0 amide bonds. The maximum Gasteiger partial charge on any atom is 0.264 e. The Labute approximate surface area is 158 Å². The molecule has 6 nitrogen and oxygen atoms in total. The largest absolute Gasteiger partial charge is 0.369 e. The van der Waals surface area contributed by atoms with Crippen molar-refractivity contribution in [1.29, 1.82) is 0 Å². The minimum atomic E-state index is -3.75. The number of sulfonamides is 1. The van der Waals surface area contributed by atoms with E-state index in [2.05, 4.69) is 14.7 Å². The molecule has 0 bridgehead atoms. The molecule has 2 aromatic rings. The lowest BCUT2D eigenvalue weighted by Gasteiger charge is -2.27. The van der Waals surface area contributed by atoms with Crippen molar-refractivity contribution in [1.82, 2.24) is 9.97 Å². The normalized spacial score (nSPS) is 13.9. The van der Waals surface area contributed by atoms with Crippen LogP contribution in [0.1, 0.15) is 13.8 Å². The number of aromatic nitrogens is 2. The summed E-state index contributed by atoms with van der Waals surface area (Å²) in [5.41, 5.74) is 0.856. The number of hydrogen-bond donors (Lipinski definition) is 1. The predicted octanol–water partition coefficient (Wildman–Crippen LogP) is 3.34. The van der Waals surface area contributed by atoms with Crippen molar-refractivity contribution in [3.63, 3.8) is 0 Å². The molecule has 25 heavy (non-hydrogen) atoms. The Morgan fingerprint density at radius 1 is 1.04 bits per heavy atom. The van der Waals surface area contributed by atoms with Crippen LogP contribution in [0.3, 0.4) is 0 Å². The number of rotatable bonds is 8. The van der Waals surface area contributed by atoms with Crippen LogP contribution in [0.15, 0.2) is 47.6 Å². The first-order chi connectivity index (χ1) is 11.8. The highest BCUT2D eigenvalue weighted by Gasteiger charge is 2.17. The molecule has 1 N–H and O–H groups in total. The number of nitrogens with zero attached hydrogens (tertiary/aromatic N) is 3. The number of alkyl halides is 2. The fourth-order valence-electron chi connectivity index (χ4n) is 2.26. The van der Waals surface area contributed by atoms with Gasteiger partial charge >= 0.3 is 0 Å². The first-order valence-corrected chi connectivity index (χ1v) is 10.1. The molecule has 2 atom stereocenters. The Morgan fingerprint density at radius 3 is 2.04 bits per heavy atom. The van der Waals surface area contributed by atoms with Crippen LogP contribution in [-0.2, 0) is 10.0 Å². The lowest BCUT2D eigenvalue weighted by molar-refractivity contribution is 0.600. The molecular weight excluding hydrogens is 383 g/mol. The van der Waals surface area contributed by atoms with Crippen LogP contribution >= 0.6 is 23.2 Å². The highest BCUT2D eigenvalue weighted by atomic mass is 35.5. The molecule has 0 saturated carbocycles. The topological polar surface area (TPSA) is 75.2 Å². The van der Waals surface area contributed by atoms with E-state index in [1.807, 2.05) is 18.7 Å². The van der Waals surface area contributed by atoms with Gasteiger partial charge in [0.05, 0.1) is 4.90 Å². The average Bonchev–Trinajstić information content (AvgIpc) is 2.54. The average molecular weight is 403 g/mol. The Kier molecular flexibility index (Phi) is 6.87. The second-order valence-electron chi connectivity index (χ2n) is 5.64. The van der Waals surface area contributed by atoms with Gasteiger partial charge < -0.3 is 4.90 Å². The molecule has 9 heteroatoms. The van der Waals surface area contributed by atoms with Crippen LogP contribution in [0.4, 0.5) is 11.6 Å². The van der Waals surface area contributed by atoms with Gasteiger partial charge in [0.25, 0.3) is 10.0 Å². The van der Waals surface area contributed by atoms with Crippen molar-refractivity contribution in [2.75, 3.05) is 22.7 Å². The number of halogens is 2.